The first-order valence-corrected chi connectivity index (χ1v) is 8.34. The van der Waals surface area contributed by atoms with Gasteiger partial charge >= 0.3 is 0 Å². The Balaban J connectivity index is 0.00000261. The van der Waals surface area contributed by atoms with Crippen LogP contribution in [-0.2, 0) is 4.79 Å². The SMILES string of the molecule is Cl.Nc1cccc(C(=O)N2CCN(C(=O)COc3ccc(F)cc3)CC2)c1. The van der Waals surface area contributed by atoms with Crippen LogP contribution >= 0.6 is 12.4 Å². The lowest BCUT2D eigenvalue weighted by Gasteiger charge is -2.34. The molecule has 0 bridgehead atoms. The number of hydrogen-bond donors (Lipinski definition) is 1. The minimum absolute atomic E-state index is 0. The van der Waals surface area contributed by atoms with Crippen LogP contribution in [0.5, 0.6) is 5.75 Å². The molecule has 0 atom stereocenters. The van der Waals surface area contributed by atoms with E-state index in [0.717, 1.165) is 0 Å². The molecule has 8 heteroatoms. The first-order chi connectivity index (χ1) is 12.5. The van der Waals surface area contributed by atoms with E-state index in [2.05, 4.69) is 0 Å². The molecular formula is C19H21ClFN3O3. The van der Waals surface area contributed by atoms with Gasteiger partial charge in [0.1, 0.15) is 11.6 Å². The van der Waals surface area contributed by atoms with Gasteiger partial charge in [-0.2, -0.15) is 0 Å². The Morgan fingerprint density at radius 2 is 1.63 bits per heavy atom. The predicted octanol–water partition coefficient (Wildman–Crippen LogP) is 2.19. The minimum atomic E-state index is -0.357. The predicted molar refractivity (Wildman–Crippen MR) is 102 cm³/mol. The zero-order valence-electron chi connectivity index (χ0n) is 14.6. The average Bonchev–Trinajstić information content (AvgIpc) is 2.67. The smallest absolute Gasteiger partial charge is 0.260 e. The van der Waals surface area contributed by atoms with Crippen molar-refractivity contribution in [3.8, 4) is 5.75 Å². The summed E-state index contributed by atoms with van der Waals surface area (Å²) in [6.45, 7) is 1.68. The monoisotopic (exact) mass is 393 g/mol. The van der Waals surface area contributed by atoms with E-state index in [1.165, 1.54) is 24.3 Å². The lowest BCUT2D eigenvalue weighted by atomic mass is 10.1. The maximum atomic E-state index is 12.9. The number of anilines is 1. The van der Waals surface area contributed by atoms with Crippen LogP contribution in [0.1, 0.15) is 10.4 Å². The molecular weight excluding hydrogens is 373 g/mol. The van der Waals surface area contributed by atoms with E-state index in [0.29, 0.717) is 43.2 Å². The van der Waals surface area contributed by atoms with Crippen molar-refractivity contribution >= 4 is 29.9 Å². The topological polar surface area (TPSA) is 75.9 Å². The van der Waals surface area contributed by atoms with Gasteiger partial charge in [-0.3, -0.25) is 9.59 Å². The molecule has 2 amide bonds. The van der Waals surface area contributed by atoms with Crippen LogP contribution in [0.25, 0.3) is 0 Å². The number of amides is 2. The van der Waals surface area contributed by atoms with Gasteiger partial charge in [-0.25, -0.2) is 4.39 Å². The second-order valence-corrected chi connectivity index (χ2v) is 6.04. The zero-order chi connectivity index (χ0) is 18.5. The number of rotatable bonds is 4. The number of carbonyl (C=O) groups is 2. The van der Waals surface area contributed by atoms with Crippen molar-refractivity contribution in [3.05, 3.63) is 59.9 Å². The molecule has 0 radical (unpaired) electrons. The lowest BCUT2D eigenvalue weighted by Crippen LogP contribution is -2.51. The molecule has 6 nitrogen and oxygen atoms in total. The first-order valence-electron chi connectivity index (χ1n) is 8.34. The molecule has 3 rings (SSSR count). The van der Waals surface area contributed by atoms with E-state index in [4.69, 9.17) is 10.5 Å². The average molecular weight is 394 g/mol. The molecule has 1 saturated heterocycles. The molecule has 27 heavy (non-hydrogen) atoms. The number of nitrogens with zero attached hydrogens (tertiary/aromatic N) is 2. The molecule has 0 spiro atoms. The molecule has 0 aliphatic carbocycles. The molecule has 1 aliphatic rings. The van der Waals surface area contributed by atoms with E-state index < -0.39 is 0 Å². The van der Waals surface area contributed by atoms with Crippen molar-refractivity contribution in [1.82, 2.24) is 9.80 Å². The second-order valence-electron chi connectivity index (χ2n) is 6.04. The van der Waals surface area contributed by atoms with Crippen molar-refractivity contribution < 1.29 is 18.7 Å². The summed E-state index contributed by atoms with van der Waals surface area (Å²) < 4.78 is 18.2. The summed E-state index contributed by atoms with van der Waals surface area (Å²) in [5.41, 5.74) is 6.81. The normalized spacial score (nSPS) is 13.7. The first kappa shape index (κ1) is 20.5. The Bertz CT molecular complexity index is 793. The highest BCUT2D eigenvalue weighted by Crippen LogP contribution is 2.13. The summed E-state index contributed by atoms with van der Waals surface area (Å²) in [5.74, 6) is -0.169. The standard InChI is InChI=1S/C19H20FN3O3.ClH/c20-15-4-6-17(7-5-15)26-13-18(24)22-8-10-23(11-9-22)19(25)14-2-1-3-16(21)12-14;/h1-7,12H,8-11,13,21H2;1H. The summed E-state index contributed by atoms with van der Waals surface area (Å²) in [6, 6.07) is 12.4. The number of halogens is 2. The van der Waals surface area contributed by atoms with E-state index in [9.17, 15) is 14.0 Å². The van der Waals surface area contributed by atoms with Crippen molar-refractivity contribution in [2.75, 3.05) is 38.5 Å². The van der Waals surface area contributed by atoms with Crippen LogP contribution in [-0.4, -0.2) is 54.4 Å². The van der Waals surface area contributed by atoms with Gasteiger partial charge in [-0.15, -0.1) is 12.4 Å². The van der Waals surface area contributed by atoms with E-state index in [1.54, 1.807) is 34.1 Å². The highest BCUT2D eigenvalue weighted by Gasteiger charge is 2.25. The number of carbonyl (C=O) groups excluding carboxylic acids is 2. The van der Waals surface area contributed by atoms with Gasteiger partial charge in [0, 0.05) is 37.4 Å². The summed E-state index contributed by atoms with van der Waals surface area (Å²) in [5, 5.41) is 0. The van der Waals surface area contributed by atoms with Gasteiger partial charge in [0.05, 0.1) is 0 Å². The van der Waals surface area contributed by atoms with Crippen LogP contribution in [0.15, 0.2) is 48.5 Å². The lowest BCUT2D eigenvalue weighted by molar-refractivity contribution is -0.134. The van der Waals surface area contributed by atoms with E-state index >= 15 is 0 Å². The van der Waals surface area contributed by atoms with Crippen molar-refractivity contribution in [3.63, 3.8) is 0 Å². The number of nitrogen functional groups attached to an aromatic ring is 1. The molecule has 1 aliphatic heterocycles. The quantitative estimate of drug-likeness (QED) is 0.808. The van der Waals surface area contributed by atoms with Crippen LogP contribution < -0.4 is 10.5 Å². The Morgan fingerprint density at radius 1 is 1.00 bits per heavy atom. The zero-order valence-corrected chi connectivity index (χ0v) is 15.5. The van der Waals surface area contributed by atoms with E-state index in [-0.39, 0.29) is 36.6 Å². The molecule has 2 aromatic rings. The molecule has 2 N–H and O–H groups in total. The Labute approximate surface area is 163 Å². The molecule has 1 fully saturated rings. The van der Waals surface area contributed by atoms with Crippen LogP contribution in [0, 0.1) is 5.82 Å². The van der Waals surface area contributed by atoms with Gasteiger partial charge in [0.2, 0.25) is 0 Å². The summed E-state index contributed by atoms with van der Waals surface area (Å²) in [4.78, 5) is 28.1. The molecule has 0 unspecified atom stereocenters. The largest absolute Gasteiger partial charge is 0.484 e. The summed E-state index contributed by atoms with van der Waals surface area (Å²) in [6.07, 6.45) is 0. The third-order valence-corrected chi connectivity index (χ3v) is 4.23. The second kappa shape index (κ2) is 9.23. The van der Waals surface area contributed by atoms with Crippen molar-refractivity contribution in [2.24, 2.45) is 0 Å². The maximum absolute atomic E-state index is 12.9. The number of hydrogen-bond acceptors (Lipinski definition) is 4. The van der Waals surface area contributed by atoms with Crippen molar-refractivity contribution in [1.29, 1.82) is 0 Å². The fourth-order valence-electron chi connectivity index (χ4n) is 2.78. The van der Waals surface area contributed by atoms with Crippen LogP contribution in [0.3, 0.4) is 0 Å². The third kappa shape index (κ3) is 5.34. The van der Waals surface area contributed by atoms with Gasteiger partial charge in [-0.1, -0.05) is 6.07 Å². The Kier molecular flexibility index (Phi) is 7.01. The van der Waals surface area contributed by atoms with Crippen LogP contribution in [0.2, 0.25) is 0 Å². The number of ether oxygens (including phenoxy) is 1. The van der Waals surface area contributed by atoms with E-state index in [1.807, 2.05) is 0 Å². The molecule has 0 saturated carbocycles. The van der Waals surface area contributed by atoms with Gasteiger partial charge in [0.15, 0.2) is 6.61 Å². The highest BCUT2D eigenvalue weighted by atomic mass is 35.5. The van der Waals surface area contributed by atoms with Gasteiger partial charge < -0.3 is 20.3 Å². The minimum Gasteiger partial charge on any atom is -0.484 e. The maximum Gasteiger partial charge on any atom is 0.260 e. The molecule has 2 aromatic carbocycles. The fourth-order valence-corrected chi connectivity index (χ4v) is 2.78. The van der Waals surface area contributed by atoms with Gasteiger partial charge in [-0.05, 0) is 42.5 Å². The number of piperazine rings is 1. The Morgan fingerprint density at radius 3 is 2.26 bits per heavy atom. The third-order valence-electron chi connectivity index (χ3n) is 4.23. The summed E-state index contributed by atoms with van der Waals surface area (Å²) in [7, 11) is 0. The van der Waals surface area contributed by atoms with Crippen molar-refractivity contribution in [2.45, 2.75) is 0 Å². The molecule has 0 aromatic heterocycles. The van der Waals surface area contributed by atoms with Gasteiger partial charge in [0.25, 0.3) is 11.8 Å². The Hall–Kier alpha value is -2.80. The fraction of sp³-hybridized carbons (Fsp3) is 0.263. The molecule has 144 valence electrons. The molecule has 1 heterocycles. The van der Waals surface area contributed by atoms with Crippen LogP contribution in [0.4, 0.5) is 10.1 Å². The highest BCUT2D eigenvalue weighted by molar-refractivity contribution is 5.95. The summed E-state index contributed by atoms with van der Waals surface area (Å²) >= 11 is 0. The number of benzene rings is 2. The number of nitrogens with two attached hydrogens (primary N) is 1.